The molecule has 0 fully saturated rings. The highest BCUT2D eigenvalue weighted by molar-refractivity contribution is 7.94. The number of carboxylic acids is 1. The van der Waals surface area contributed by atoms with Gasteiger partial charge in [-0.1, -0.05) is 0 Å². The Bertz CT molecular complexity index is 734. The average Bonchev–Trinajstić information content (AvgIpc) is 2.85. The van der Waals surface area contributed by atoms with E-state index in [4.69, 9.17) is 9.84 Å². The Morgan fingerprint density at radius 2 is 1.90 bits per heavy atom. The first-order valence-corrected chi connectivity index (χ1v) is 8.21. The SMILES string of the molecule is Cc1ccc(S(=O)(=O)Nc2ccc(OCC(=O)O)cc2)s1. The van der Waals surface area contributed by atoms with Crippen molar-refractivity contribution in [2.45, 2.75) is 11.1 Å². The van der Waals surface area contributed by atoms with E-state index in [-0.39, 0.29) is 4.21 Å². The number of sulfonamides is 1. The first-order chi connectivity index (χ1) is 9.87. The van der Waals surface area contributed by atoms with Crippen molar-refractivity contribution in [3.63, 3.8) is 0 Å². The van der Waals surface area contributed by atoms with Gasteiger partial charge in [0.2, 0.25) is 0 Å². The topological polar surface area (TPSA) is 92.7 Å². The zero-order valence-corrected chi connectivity index (χ0v) is 12.7. The fourth-order valence-electron chi connectivity index (χ4n) is 1.53. The number of carbonyl (C=O) groups is 1. The first-order valence-electron chi connectivity index (χ1n) is 5.91. The van der Waals surface area contributed by atoms with Gasteiger partial charge in [0.05, 0.1) is 0 Å². The van der Waals surface area contributed by atoms with Crippen molar-refractivity contribution in [3.05, 3.63) is 41.3 Å². The summed E-state index contributed by atoms with van der Waals surface area (Å²) in [6.07, 6.45) is 0. The number of ether oxygens (including phenoxy) is 1. The molecule has 2 rings (SSSR count). The van der Waals surface area contributed by atoms with Crippen LogP contribution in [0.1, 0.15) is 4.88 Å². The van der Waals surface area contributed by atoms with Crippen LogP contribution in [-0.4, -0.2) is 26.1 Å². The van der Waals surface area contributed by atoms with Crippen molar-refractivity contribution in [2.75, 3.05) is 11.3 Å². The summed E-state index contributed by atoms with van der Waals surface area (Å²) in [6.45, 7) is 1.39. The summed E-state index contributed by atoms with van der Waals surface area (Å²) >= 11 is 1.19. The molecule has 2 aromatic rings. The molecule has 1 aromatic carbocycles. The quantitative estimate of drug-likeness (QED) is 0.849. The van der Waals surface area contributed by atoms with E-state index in [0.29, 0.717) is 11.4 Å². The molecule has 112 valence electrons. The Labute approximate surface area is 126 Å². The summed E-state index contributed by atoms with van der Waals surface area (Å²) in [7, 11) is -3.60. The van der Waals surface area contributed by atoms with Gasteiger partial charge in [-0.05, 0) is 43.3 Å². The summed E-state index contributed by atoms with van der Waals surface area (Å²) in [5.74, 6) is -0.722. The van der Waals surface area contributed by atoms with Crippen LogP contribution in [0.3, 0.4) is 0 Å². The third-order valence-electron chi connectivity index (χ3n) is 2.45. The maximum absolute atomic E-state index is 12.1. The number of hydrogen-bond donors (Lipinski definition) is 2. The minimum atomic E-state index is -3.60. The fourth-order valence-corrected chi connectivity index (χ4v) is 3.87. The van der Waals surface area contributed by atoms with Crippen LogP contribution in [0.2, 0.25) is 0 Å². The highest BCUT2D eigenvalue weighted by Gasteiger charge is 2.16. The number of benzene rings is 1. The lowest BCUT2D eigenvalue weighted by atomic mass is 10.3. The van der Waals surface area contributed by atoms with Gasteiger partial charge in [-0.25, -0.2) is 13.2 Å². The normalized spacial score (nSPS) is 11.1. The molecule has 0 saturated heterocycles. The van der Waals surface area contributed by atoms with Gasteiger partial charge in [0.15, 0.2) is 6.61 Å². The molecule has 0 unspecified atom stereocenters. The second kappa shape index (κ2) is 6.15. The van der Waals surface area contributed by atoms with E-state index in [2.05, 4.69) is 4.72 Å². The molecule has 6 nitrogen and oxygen atoms in total. The molecule has 0 atom stereocenters. The minimum absolute atomic E-state index is 0.242. The lowest BCUT2D eigenvalue weighted by Crippen LogP contribution is -2.11. The van der Waals surface area contributed by atoms with Crippen molar-refractivity contribution < 1.29 is 23.1 Å². The molecule has 2 N–H and O–H groups in total. The van der Waals surface area contributed by atoms with E-state index in [0.717, 1.165) is 4.88 Å². The smallest absolute Gasteiger partial charge is 0.341 e. The number of nitrogens with one attached hydrogen (secondary N) is 1. The standard InChI is InChI=1S/C13H13NO5S2/c1-9-2-7-13(20-9)21(17,18)14-10-3-5-11(6-4-10)19-8-12(15)16/h2-7,14H,8H2,1H3,(H,15,16). The van der Waals surface area contributed by atoms with Gasteiger partial charge in [-0.2, -0.15) is 0 Å². The number of aryl methyl sites for hydroxylation is 1. The molecule has 0 amide bonds. The molecule has 0 aliphatic rings. The molecule has 1 heterocycles. The molecule has 0 aliphatic heterocycles. The molecule has 0 aliphatic carbocycles. The third kappa shape index (κ3) is 4.20. The highest BCUT2D eigenvalue weighted by atomic mass is 32.2. The number of rotatable bonds is 6. The van der Waals surface area contributed by atoms with Gasteiger partial charge in [0.25, 0.3) is 10.0 Å². The van der Waals surface area contributed by atoms with Crippen LogP contribution in [-0.2, 0) is 14.8 Å². The van der Waals surface area contributed by atoms with Gasteiger partial charge in [-0.15, -0.1) is 11.3 Å². The van der Waals surface area contributed by atoms with E-state index >= 15 is 0 Å². The van der Waals surface area contributed by atoms with Crippen LogP contribution >= 0.6 is 11.3 Å². The second-order valence-electron chi connectivity index (χ2n) is 4.18. The average molecular weight is 327 g/mol. The largest absolute Gasteiger partial charge is 0.482 e. The number of aliphatic carboxylic acids is 1. The van der Waals surface area contributed by atoms with Crippen LogP contribution < -0.4 is 9.46 Å². The summed E-state index contributed by atoms with van der Waals surface area (Å²) in [4.78, 5) is 11.3. The highest BCUT2D eigenvalue weighted by Crippen LogP contribution is 2.24. The Kier molecular flexibility index (Phi) is 4.49. The Morgan fingerprint density at radius 1 is 1.24 bits per heavy atom. The first kappa shape index (κ1) is 15.3. The number of carboxylic acid groups (broad SMARTS) is 1. The molecule has 21 heavy (non-hydrogen) atoms. The van der Waals surface area contributed by atoms with Crippen molar-refractivity contribution in [1.82, 2.24) is 0 Å². The van der Waals surface area contributed by atoms with Gasteiger partial charge in [0, 0.05) is 10.6 Å². The Hall–Kier alpha value is -2.06. The molecule has 0 bridgehead atoms. The van der Waals surface area contributed by atoms with Crippen LogP contribution in [0, 0.1) is 6.92 Å². The van der Waals surface area contributed by atoms with E-state index in [1.807, 2.05) is 6.92 Å². The summed E-state index contributed by atoms with van der Waals surface area (Å²) in [5, 5.41) is 8.49. The monoisotopic (exact) mass is 327 g/mol. The van der Waals surface area contributed by atoms with Gasteiger partial charge in [-0.3, -0.25) is 4.72 Å². The maximum atomic E-state index is 12.1. The number of hydrogen-bond acceptors (Lipinski definition) is 5. The van der Waals surface area contributed by atoms with Crippen LogP contribution in [0.5, 0.6) is 5.75 Å². The zero-order chi connectivity index (χ0) is 15.5. The number of anilines is 1. The van der Waals surface area contributed by atoms with Gasteiger partial charge in [0.1, 0.15) is 9.96 Å². The lowest BCUT2D eigenvalue weighted by Gasteiger charge is -2.07. The van der Waals surface area contributed by atoms with Crippen LogP contribution in [0.25, 0.3) is 0 Å². The number of thiophene rings is 1. The van der Waals surface area contributed by atoms with Gasteiger partial charge < -0.3 is 9.84 Å². The lowest BCUT2D eigenvalue weighted by molar-refractivity contribution is -0.139. The molecule has 8 heteroatoms. The molecular weight excluding hydrogens is 314 g/mol. The van der Waals surface area contributed by atoms with Crippen LogP contribution in [0.4, 0.5) is 5.69 Å². The van der Waals surface area contributed by atoms with Crippen molar-refractivity contribution in [2.24, 2.45) is 0 Å². The van der Waals surface area contributed by atoms with E-state index in [1.54, 1.807) is 12.1 Å². The van der Waals surface area contributed by atoms with E-state index in [9.17, 15) is 13.2 Å². The Morgan fingerprint density at radius 3 is 2.43 bits per heavy atom. The maximum Gasteiger partial charge on any atom is 0.341 e. The fraction of sp³-hybridized carbons (Fsp3) is 0.154. The van der Waals surface area contributed by atoms with Gasteiger partial charge >= 0.3 is 5.97 Å². The predicted octanol–water partition coefficient (Wildman–Crippen LogP) is 2.32. The molecule has 1 aromatic heterocycles. The van der Waals surface area contributed by atoms with Crippen molar-refractivity contribution in [3.8, 4) is 5.75 Å². The summed E-state index contributed by atoms with van der Waals surface area (Å²) in [6, 6.07) is 9.31. The molecular formula is C13H13NO5S2. The molecule has 0 radical (unpaired) electrons. The minimum Gasteiger partial charge on any atom is -0.482 e. The molecule has 0 saturated carbocycles. The van der Waals surface area contributed by atoms with E-state index in [1.165, 1.54) is 35.6 Å². The van der Waals surface area contributed by atoms with Crippen molar-refractivity contribution in [1.29, 1.82) is 0 Å². The zero-order valence-electron chi connectivity index (χ0n) is 11.1. The Balaban J connectivity index is 2.08. The predicted molar refractivity (Wildman–Crippen MR) is 79.4 cm³/mol. The second-order valence-corrected chi connectivity index (χ2v) is 7.37. The molecule has 0 spiro atoms. The van der Waals surface area contributed by atoms with Crippen molar-refractivity contribution >= 4 is 33.0 Å². The summed E-state index contributed by atoms with van der Waals surface area (Å²) < 4.78 is 31.9. The third-order valence-corrected chi connectivity index (χ3v) is 5.32. The summed E-state index contributed by atoms with van der Waals surface area (Å²) in [5.41, 5.74) is 0.378. The van der Waals surface area contributed by atoms with E-state index < -0.39 is 22.6 Å². The van der Waals surface area contributed by atoms with Crippen LogP contribution in [0.15, 0.2) is 40.6 Å².